The van der Waals surface area contributed by atoms with E-state index in [-0.39, 0.29) is 17.2 Å². The second-order valence-electron chi connectivity index (χ2n) is 7.19. The van der Waals surface area contributed by atoms with Gasteiger partial charge in [-0.1, -0.05) is 32.9 Å². The Labute approximate surface area is 128 Å². The number of alkyl halides is 1. The predicted octanol–water partition coefficient (Wildman–Crippen LogP) is 4.41. The number of aromatic nitrogens is 2. The van der Waals surface area contributed by atoms with Crippen molar-refractivity contribution in [3.8, 4) is 11.3 Å². The van der Waals surface area contributed by atoms with E-state index in [4.69, 9.17) is 0 Å². The van der Waals surface area contributed by atoms with E-state index < -0.39 is 11.6 Å². The van der Waals surface area contributed by atoms with Crippen molar-refractivity contribution in [1.82, 2.24) is 10.2 Å². The first-order valence-electron chi connectivity index (χ1n) is 7.64. The van der Waals surface area contributed by atoms with Gasteiger partial charge in [-0.25, -0.2) is 8.78 Å². The molecule has 0 spiro atoms. The normalized spacial score (nSPS) is 31.3. The summed E-state index contributed by atoms with van der Waals surface area (Å²) in [5.74, 6) is -0.197. The number of hydrogen-bond acceptors (Lipinski definition) is 2. The highest BCUT2D eigenvalue weighted by Crippen LogP contribution is 2.67. The third kappa shape index (κ3) is 1.43. The molecule has 4 rings (SSSR count). The molecule has 2 aromatic rings. The Kier molecular flexibility index (Phi) is 2.58. The van der Waals surface area contributed by atoms with Gasteiger partial charge in [0.25, 0.3) is 0 Å². The van der Waals surface area contributed by atoms with Gasteiger partial charge in [0, 0.05) is 11.0 Å². The maximum absolute atomic E-state index is 14.5. The van der Waals surface area contributed by atoms with Crippen LogP contribution in [0.25, 0.3) is 11.3 Å². The van der Waals surface area contributed by atoms with Gasteiger partial charge >= 0.3 is 0 Å². The van der Waals surface area contributed by atoms with E-state index in [1.54, 1.807) is 18.2 Å². The minimum atomic E-state index is -0.895. The number of rotatable bonds is 1. The maximum atomic E-state index is 14.5. The molecule has 1 fully saturated rings. The minimum absolute atomic E-state index is 0.114. The number of halogens is 2. The van der Waals surface area contributed by atoms with Gasteiger partial charge in [0.05, 0.1) is 11.4 Å². The largest absolute Gasteiger partial charge is 0.246 e. The molecule has 1 aromatic carbocycles. The predicted molar refractivity (Wildman–Crippen MR) is 80.8 cm³/mol. The van der Waals surface area contributed by atoms with Crippen LogP contribution < -0.4 is 0 Å². The van der Waals surface area contributed by atoms with E-state index in [0.29, 0.717) is 17.7 Å². The molecule has 1 aromatic heterocycles. The Balaban J connectivity index is 1.90. The summed E-state index contributed by atoms with van der Waals surface area (Å²) in [6, 6.07) is 8.45. The summed E-state index contributed by atoms with van der Waals surface area (Å²) < 4.78 is 28.5. The molecule has 2 aliphatic carbocycles. The molecule has 1 heterocycles. The van der Waals surface area contributed by atoms with Crippen molar-refractivity contribution < 1.29 is 8.78 Å². The van der Waals surface area contributed by atoms with Crippen molar-refractivity contribution in [3.05, 3.63) is 47.4 Å². The highest BCUT2D eigenvalue weighted by molar-refractivity contribution is 5.62. The SMILES string of the molecule is CC1(C)C2CC(F)C1(C)c1nnc(-c3ccccc3F)cc12. The van der Waals surface area contributed by atoms with E-state index in [2.05, 4.69) is 24.0 Å². The quantitative estimate of drug-likeness (QED) is 0.780. The third-order valence-electron chi connectivity index (χ3n) is 6.12. The first-order chi connectivity index (χ1) is 10.4. The van der Waals surface area contributed by atoms with Gasteiger partial charge in [-0.15, -0.1) is 0 Å². The highest BCUT2D eigenvalue weighted by Gasteiger charge is 2.66. The molecule has 2 bridgehead atoms. The van der Waals surface area contributed by atoms with Crippen molar-refractivity contribution in [3.63, 3.8) is 0 Å². The van der Waals surface area contributed by atoms with Gasteiger partial charge in [0.2, 0.25) is 0 Å². The van der Waals surface area contributed by atoms with Crippen LogP contribution in [0.2, 0.25) is 0 Å². The van der Waals surface area contributed by atoms with Crippen LogP contribution in [0.5, 0.6) is 0 Å². The van der Waals surface area contributed by atoms with Crippen LogP contribution in [0.4, 0.5) is 8.78 Å². The molecule has 0 saturated heterocycles. The van der Waals surface area contributed by atoms with Crippen LogP contribution in [0, 0.1) is 11.2 Å². The zero-order valence-corrected chi connectivity index (χ0v) is 12.9. The zero-order chi connectivity index (χ0) is 15.7. The van der Waals surface area contributed by atoms with E-state index in [9.17, 15) is 8.78 Å². The average molecular weight is 300 g/mol. The van der Waals surface area contributed by atoms with Crippen LogP contribution in [0.1, 0.15) is 44.4 Å². The van der Waals surface area contributed by atoms with Gasteiger partial charge < -0.3 is 0 Å². The molecule has 0 aliphatic heterocycles. The summed E-state index contributed by atoms with van der Waals surface area (Å²) in [7, 11) is 0. The van der Waals surface area contributed by atoms with E-state index in [0.717, 1.165) is 11.3 Å². The molecule has 0 radical (unpaired) electrons. The lowest BCUT2D eigenvalue weighted by Crippen LogP contribution is -2.39. The Hall–Kier alpha value is -1.84. The lowest BCUT2D eigenvalue weighted by Gasteiger charge is -2.35. The van der Waals surface area contributed by atoms with Crippen LogP contribution in [-0.4, -0.2) is 16.4 Å². The van der Waals surface area contributed by atoms with E-state index in [1.807, 2.05) is 13.0 Å². The topological polar surface area (TPSA) is 25.8 Å². The maximum Gasteiger partial charge on any atom is 0.132 e. The summed E-state index contributed by atoms with van der Waals surface area (Å²) in [5.41, 5.74) is 1.96. The average Bonchev–Trinajstić information content (AvgIpc) is 2.77. The second-order valence-corrected chi connectivity index (χ2v) is 7.19. The van der Waals surface area contributed by atoms with Gasteiger partial charge in [-0.2, -0.15) is 10.2 Å². The summed E-state index contributed by atoms with van der Waals surface area (Å²) in [4.78, 5) is 0. The fraction of sp³-hybridized carbons (Fsp3) is 0.444. The third-order valence-corrected chi connectivity index (χ3v) is 6.12. The second kappa shape index (κ2) is 4.12. The minimum Gasteiger partial charge on any atom is -0.246 e. The molecule has 2 aliphatic rings. The molecular formula is C18H18F2N2. The molecule has 2 nitrogen and oxygen atoms in total. The number of nitrogens with zero attached hydrogens (tertiary/aromatic N) is 2. The fourth-order valence-corrected chi connectivity index (χ4v) is 4.35. The monoisotopic (exact) mass is 300 g/mol. The van der Waals surface area contributed by atoms with Crippen molar-refractivity contribution in [2.24, 2.45) is 5.41 Å². The molecule has 0 N–H and O–H groups in total. The summed E-state index contributed by atoms with van der Waals surface area (Å²) in [5, 5.41) is 8.51. The van der Waals surface area contributed by atoms with Crippen molar-refractivity contribution in [1.29, 1.82) is 0 Å². The first kappa shape index (κ1) is 13.8. The van der Waals surface area contributed by atoms with Crippen molar-refractivity contribution in [2.45, 2.75) is 44.7 Å². The van der Waals surface area contributed by atoms with Crippen LogP contribution in [-0.2, 0) is 5.41 Å². The molecule has 114 valence electrons. The fourth-order valence-electron chi connectivity index (χ4n) is 4.35. The lowest BCUT2D eigenvalue weighted by molar-refractivity contribution is 0.146. The number of hydrogen-bond donors (Lipinski definition) is 0. The smallest absolute Gasteiger partial charge is 0.132 e. The van der Waals surface area contributed by atoms with Crippen molar-refractivity contribution >= 4 is 0 Å². The van der Waals surface area contributed by atoms with Crippen molar-refractivity contribution in [2.75, 3.05) is 0 Å². The van der Waals surface area contributed by atoms with Gasteiger partial charge in [0.15, 0.2) is 0 Å². The zero-order valence-electron chi connectivity index (χ0n) is 12.9. The van der Waals surface area contributed by atoms with Crippen LogP contribution >= 0.6 is 0 Å². The molecule has 1 saturated carbocycles. The van der Waals surface area contributed by atoms with E-state index in [1.165, 1.54) is 6.07 Å². The number of benzene rings is 1. The molecule has 22 heavy (non-hydrogen) atoms. The standard InChI is InChI=1S/C18H18F2N2/c1-17(2)12-9-15(20)18(17,3)16-11(12)8-14(21-22-16)10-6-4-5-7-13(10)19/h4-8,12,15H,9H2,1-3H3. The molecule has 4 heteroatoms. The van der Waals surface area contributed by atoms with Crippen LogP contribution in [0.15, 0.2) is 30.3 Å². The lowest BCUT2D eigenvalue weighted by atomic mass is 9.69. The molecular weight excluding hydrogens is 282 g/mol. The molecule has 3 unspecified atom stereocenters. The highest BCUT2D eigenvalue weighted by atomic mass is 19.1. The van der Waals surface area contributed by atoms with Gasteiger partial charge in [-0.05, 0) is 41.5 Å². The van der Waals surface area contributed by atoms with E-state index >= 15 is 0 Å². The van der Waals surface area contributed by atoms with Crippen LogP contribution in [0.3, 0.4) is 0 Å². The summed E-state index contributed by atoms with van der Waals surface area (Å²) >= 11 is 0. The van der Waals surface area contributed by atoms with Gasteiger partial charge in [0.1, 0.15) is 12.0 Å². The summed E-state index contributed by atoms with van der Waals surface area (Å²) in [6.45, 7) is 6.14. The molecule has 0 amide bonds. The Morgan fingerprint density at radius 2 is 1.86 bits per heavy atom. The number of fused-ring (bicyclic) bond motifs is 5. The molecule has 3 atom stereocenters. The van der Waals surface area contributed by atoms with Gasteiger partial charge in [-0.3, -0.25) is 0 Å². The Morgan fingerprint density at radius 1 is 1.14 bits per heavy atom. The first-order valence-corrected chi connectivity index (χ1v) is 7.64. The Bertz CT molecular complexity index is 771. The summed E-state index contributed by atoms with van der Waals surface area (Å²) in [6.07, 6.45) is -0.382. The Morgan fingerprint density at radius 3 is 2.59 bits per heavy atom.